The van der Waals surface area contributed by atoms with Gasteiger partial charge in [-0.15, -0.1) is 0 Å². The molecule has 0 amide bonds. The quantitative estimate of drug-likeness (QED) is 0.508. The van der Waals surface area contributed by atoms with Gasteiger partial charge in [-0.05, 0) is 30.2 Å². The minimum absolute atomic E-state index is 0.0544. The fourth-order valence-electron chi connectivity index (χ4n) is 1.81. The van der Waals surface area contributed by atoms with E-state index in [9.17, 15) is 4.79 Å². The lowest BCUT2D eigenvalue weighted by atomic mass is 10.0. The van der Waals surface area contributed by atoms with Crippen LogP contribution in [0, 0.1) is 5.92 Å². The van der Waals surface area contributed by atoms with Gasteiger partial charge in [-0.2, -0.15) is 0 Å². The smallest absolute Gasteiger partial charge is 0.308 e. The summed E-state index contributed by atoms with van der Waals surface area (Å²) in [4.78, 5) is 11.8. The molecule has 0 spiro atoms. The molecule has 0 fully saturated rings. The van der Waals surface area contributed by atoms with Crippen molar-refractivity contribution in [3.8, 4) is 0 Å². The molecule has 19 heavy (non-hydrogen) atoms. The molecule has 0 aromatic heterocycles. The van der Waals surface area contributed by atoms with Crippen molar-refractivity contribution < 1.29 is 9.53 Å². The second-order valence-electron chi connectivity index (χ2n) is 4.78. The maximum atomic E-state index is 11.8. The van der Waals surface area contributed by atoms with Gasteiger partial charge in [-0.1, -0.05) is 56.3 Å². The van der Waals surface area contributed by atoms with E-state index in [0.29, 0.717) is 10.0 Å². The van der Waals surface area contributed by atoms with E-state index in [-0.39, 0.29) is 18.5 Å². The summed E-state index contributed by atoms with van der Waals surface area (Å²) in [6.07, 6.45) is 4.25. The standard InChI is InChI=1S/C15H20Cl2O2/c1-3-4-5-6-11(2)15(18)19-10-12-7-13(16)9-14(17)8-12/h7-9,11H,3-6,10H2,1-2H3. The number of benzene rings is 1. The van der Waals surface area contributed by atoms with Crippen molar-refractivity contribution in [3.63, 3.8) is 0 Å². The average Bonchev–Trinajstić information content (AvgIpc) is 2.35. The molecule has 0 heterocycles. The summed E-state index contributed by atoms with van der Waals surface area (Å²) in [5, 5.41) is 1.10. The topological polar surface area (TPSA) is 26.3 Å². The van der Waals surface area contributed by atoms with E-state index in [2.05, 4.69) is 6.92 Å². The SMILES string of the molecule is CCCCCC(C)C(=O)OCc1cc(Cl)cc(Cl)c1. The predicted molar refractivity (Wildman–Crippen MR) is 79.6 cm³/mol. The van der Waals surface area contributed by atoms with Crippen LogP contribution in [0.3, 0.4) is 0 Å². The van der Waals surface area contributed by atoms with Crippen LogP contribution in [0.1, 0.15) is 45.1 Å². The molecule has 0 N–H and O–H groups in total. The van der Waals surface area contributed by atoms with Crippen LogP contribution in [0.25, 0.3) is 0 Å². The molecule has 0 saturated carbocycles. The fourth-order valence-corrected chi connectivity index (χ4v) is 2.38. The van der Waals surface area contributed by atoms with Crippen molar-refractivity contribution >= 4 is 29.2 Å². The third-order valence-electron chi connectivity index (χ3n) is 2.95. The Hall–Kier alpha value is -0.730. The molecular formula is C15H20Cl2O2. The maximum absolute atomic E-state index is 11.8. The first kappa shape index (κ1) is 16.3. The van der Waals surface area contributed by atoms with Gasteiger partial charge in [0.25, 0.3) is 0 Å². The molecule has 1 aromatic carbocycles. The Balaban J connectivity index is 2.40. The van der Waals surface area contributed by atoms with Crippen LogP contribution >= 0.6 is 23.2 Å². The first-order valence-electron chi connectivity index (χ1n) is 6.64. The molecule has 0 aliphatic carbocycles. The number of carbonyl (C=O) groups is 1. The zero-order valence-electron chi connectivity index (χ0n) is 11.4. The van der Waals surface area contributed by atoms with Crippen LogP contribution < -0.4 is 0 Å². The molecule has 0 saturated heterocycles. The van der Waals surface area contributed by atoms with Crippen molar-refractivity contribution in [2.45, 2.75) is 46.1 Å². The van der Waals surface area contributed by atoms with E-state index in [1.54, 1.807) is 18.2 Å². The van der Waals surface area contributed by atoms with Gasteiger partial charge >= 0.3 is 5.97 Å². The summed E-state index contributed by atoms with van der Waals surface area (Å²) in [6.45, 7) is 4.27. The predicted octanol–water partition coefficient (Wildman–Crippen LogP) is 5.25. The molecule has 4 heteroatoms. The molecule has 106 valence electrons. The lowest BCUT2D eigenvalue weighted by Gasteiger charge is -2.11. The molecule has 0 aliphatic rings. The van der Waals surface area contributed by atoms with E-state index in [0.717, 1.165) is 31.2 Å². The number of hydrogen-bond acceptors (Lipinski definition) is 2. The zero-order chi connectivity index (χ0) is 14.3. The lowest BCUT2D eigenvalue weighted by Crippen LogP contribution is -2.14. The fraction of sp³-hybridized carbons (Fsp3) is 0.533. The van der Waals surface area contributed by atoms with Crippen molar-refractivity contribution in [2.75, 3.05) is 0 Å². The molecule has 0 radical (unpaired) electrons. The first-order valence-corrected chi connectivity index (χ1v) is 7.40. The molecule has 0 aliphatic heterocycles. The van der Waals surface area contributed by atoms with E-state index in [4.69, 9.17) is 27.9 Å². The van der Waals surface area contributed by atoms with Gasteiger partial charge in [0, 0.05) is 10.0 Å². The van der Waals surface area contributed by atoms with Crippen molar-refractivity contribution in [2.24, 2.45) is 5.92 Å². The molecule has 1 atom stereocenters. The number of rotatable bonds is 7. The minimum atomic E-state index is -0.160. The highest BCUT2D eigenvalue weighted by atomic mass is 35.5. The average molecular weight is 303 g/mol. The van der Waals surface area contributed by atoms with Gasteiger partial charge in [-0.3, -0.25) is 4.79 Å². The summed E-state index contributed by atoms with van der Waals surface area (Å²) in [7, 11) is 0. The van der Waals surface area contributed by atoms with Crippen molar-refractivity contribution in [1.29, 1.82) is 0 Å². The first-order chi connectivity index (χ1) is 9.02. The van der Waals surface area contributed by atoms with E-state index in [1.807, 2.05) is 6.92 Å². The van der Waals surface area contributed by atoms with Crippen LogP contribution in [-0.4, -0.2) is 5.97 Å². The van der Waals surface area contributed by atoms with Gasteiger partial charge in [0.1, 0.15) is 6.61 Å². The van der Waals surface area contributed by atoms with E-state index >= 15 is 0 Å². The van der Waals surface area contributed by atoms with E-state index < -0.39 is 0 Å². The van der Waals surface area contributed by atoms with Crippen LogP contribution in [0.4, 0.5) is 0 Å². The third kappa shape index (κ3) is 6.31. The Morgan fingerprint density at radius 1 is 1.21 bits per heavy atom. The Labute approximate surface area is 125 Å². The Bertz CT molecular complexity index is 398. The van der Waals surface area contributed by atoms with Gasteiger partial charge in [-0.25, -0.2) is 0 Å². The van der Waals surface area contributed by atoms with Crippen LogP contribution in [0.15, 0.2) is 18.2 Å². The van der Waals surface area contributed by atoms with Crippen molar-refractivity contribution in [3.05, 3.63) is 33.8 Å². The Morgan fingerprint density at radius 3 is 2.42 bits per heavy atom. The molecule has 1 aromatic rings. The number of esters is 1. The van der Waals surface area contributed by atoms with Crippen molar-refractivity contribution in [1.82, 2.24) is 0 Å². The lowest BCUT2D eigenvalue weighted by molar-refractivity contribution is -0.149. The monoisotopic (exact) mass is 302 g/mol. The number of halogens is 2. The maximum Gasteiger partial charge on any atom is 0.308 e. The Morgan fingerprint density at radius 2 is 1.84 bits per heavy atom. The summed E-state index contributed by atoms with van der Waals surface area (Å²) >= 11 is 11.8. The van der Waals surface area contributed by atoms with Crippen LogP contribution in [-0.2, 0) is 16.1 Å². The normalized spacial score (nSPS) is 12.2. The number of carbonyl (C=O) groups excluding carboxylic acids is 1. The molecule has 1 unspecified atom stereocenters. The second kappa shape index (κ2) is 8.44. The summed E-state index contributed by atoms with van der Waals surface area (Å²) in [5.74, 6) is -0.214. The number of unbranched alkanes of at least 4 members (excludes halogenated alkanes) is 2. The summed E-state index contributed by atoms with van der Waals surface area (Å²) < 4.78 is 5.27. The summed E-state index contributed by atoms with van der Waals surface area (Å²) in [6, 6.07) is 5.16. The molecule has 0 bridgehead atoms. The molecule has 2 nitrogen and oxygen atoms in total. The Kier molecular flexibility index (Phi) is 7.25. The minimum Gasteiger partial charge on any atom is -0.461 e. The van der Waals surface area contributed by atoms with Crippen LogP contribution in [0.2, 0.25) is 10.0 Å². The molecular weight excluding hydrogens is 283 g/mol. The zero-order valence-corrected chi connectivity index (χ0v) is 12.9. The highest BCUT2D eigenvalue weighted by molar-refractivity contribution is 6.34. The third-order valence-corrected chi connectivity index (χ3v) is 3.38. The number of ether oxygens (including phenoxy) is 1. The second-order valence-corrected chi connectivity index (χ2v) is 5.66. The van der Waals surface area contributed by atoms with E-state index in [1.165, 1.54) is 0 Å². The summed E-state index contributed by atoms with van der Waals surface area (Å²) in [5.41, 5.74) is 0.812. The number of hydrogen-bond donors (Lipinski definition) is 0. The van der Waals surface area contributed by atoms with Gasteiger partial charge in [0.2, 0.25) is 0 Å². The van der Waals surface area contributed by atoms with Gasteiger partial charge in [0.05, 0.1) is 5.92 Å². The highest BCUT2D eigenvalue weighted by Crippen LogP contribution is 2.20. The van der Waals surface area contributed by atoms with Crippen LogP contribution in [0.5, 0.6) is 0 Å². The molecule has 1 rings (SSSR count). The van der Waals surface area contributed by atoms with Gasteiger partial charge < -0.3 is 4.74 Å². The highest BCUT2D eigenvalue weighted by Gasteiger charge is 2.14. The van der Waals surface area contributed by atoms with Gasteiger partial charge in [0.15, 0.2) is 0 Å². The largest absolute Gasteiger partial charge is 0.461 e.